The van der Waals surface area contributed by atoms with E-state index < -0.39 is 0 Å². The van der Waals surface area contributed by atoms with Gasteiger partial charge < -0.3 is 5.32 Å². The normalized spacial score (nSPS) is 12.2. The van der Waals surface area contributed by atoms with Crippen LogP contribution in [0.5, 0.6) is 0 Å². The summed E-state index contributed by atoms with van der Waals surface area (Å²) in [6.45, 7) is 6.27. The highest BCUT2D eigenvalue weighted by molar-refractivity contribution is 5.91. The van der Waals surface area contributed by atoms with Crippen molar-refractivity contribution in [3.05, 3.63) is 41.3 Å². The number of hydrogen-bond acceptors (Lipinski definition) is 3. The van der Waals surface area contributed by atoms with Crippen LogP contribution in [-0.4, -0.2) is 20.9 Å². The third-order valence-electron chi connectivity index (χ3n) is 3.88. The lowest BCUT2D eigenvalue weighted by atomic mass is 10.0. The molecule has 23 heavy (non-hydrogen) atoms. The molecular weight excluding hydrogens is 295 g/mol. The van der Waals surface area contributed by atoms with Crippen LogP contribution in [0, 0.1) is 18.7 Å². The summed E-state index contributed by atoms with van der Waals surface area (Å²) in [5, 5.41) is 10.9. The van der Waals surface area contributed by atoms with E-state index in [2.05, 4.69) is 22.6 Å². The molecule has 5 nitrogen and oxygen atoms in total. The zero-order valence-corrected chi connectivity index (χ0v) is 13.8. The molecule has 1 aromatic carbocycles. The molecule has 2 aromatic rings. The number of rotatable bonds is 7. The zero-order chi connectivity index (χ0) is 16.8. The number of hydrogen-bond donors (Lipinski definition) is 1. The van der Waals surface area contributed by atoms with Crippen LogP contribution < -0.4 is 5.32 Å². The van der Waals surface area contributed by atoms with E-state index in [-0.39, 0.29) is 17.6 Å². The summed E-state index contributed by atoms with van der Waals surface area (Å²) in [5.41, 5.74) is 1.55. The number of anilines is 1. The van der Waals surface area contributed by atoms with E-state index in [1.165, 1.54) is 12.1 Å². The molecule has 0 unspecified atom stereocenters. The summed E-state index contributed by atoms with van der Waals surface area (Å²) in [5.74, 6) is 0.0929. The van der Waals surface area contributed by atoms with Gasteiger partial charge in [0, 0.05) is 5.92 Å². The van der Waals surface area contributed by atoms with Crippen LogP contribution in [-0.2, 0) is 11.3 Å². The summed E-state index contributed by atoms with van der Waals surface area (Å²) in [6, 6.07) is 6.36. The molecule has 1 heterocycles. The summed E-state index contributed by atoms with van der Waals surface area (Å²) >= 11 is 0. The number of nitrogens with one attached hydrogen (secondary N) is 1. The maximum absolute atomic E-state index is 13.2. The van der Waals surface area contributed by atoms with Crippen molar-refractivity contribution in [1.82, 2.24) is 15.0 Å². The number of nitrogens with zero attached hydrogens (tertiary/aromatic N) is 3. The molecule has 6 heteroatoms. The number of carbonyl (C=O) groups excluding carboxylic acids is 1. The van der Waals surface area contributed by atoms with Crippen molar-refractivity contribution in [3.63, 3.8) is 0 Å². The van der Waals surface area contributed by atoms with Crippen LogP contribution >= 0.6 is 0 Å². The maximum Gasteiger partial charge on any atom is 0.228 e. The molecule has 0 fully saturated rings. The van der Waals surface area contributed by atoms with Crippen molar-refractivity contribution >= 4 is 11.7 Å². The molecule has 0 aliphatic carbocycles. The maximum atomic E-state index is 13.2. The van der Waals surface area contributed by atoms with Gasteiger partial charge in [-0.15, -0.1) is 5.10 Å². The molecule has 1 aromatic heterocycles. The van der Waals surface area contributed by atoms with Crippen LogP contribution in [0.4, 0.5) is 10.2 Å². The van der Waals surface area contributed by atoms with Crippen molar-refractivity contribution in [1.29, 1.82) is 0 Å². The van der Waals surface area contributed by atoms with Crippen molar-refractivity contribution in [2.24, 2.45) is 5.92 Å². The summed E-state index contributed by atoms with van der Waals surface area (Å²) in [6.07, 6.45) is 2.96. The molecule has 1 atom stereocenters. The Bertz CT molecular complexity index is 668. The van der Waals surface area contributed by atoms with Crippen molar-refractivity contribution < 1.29 is 9.18 Å². The predicted molar refractivity (Wildman–Crippen MR) is 87.6 cm³/mol. The average Bonchev–Trinajstić information content (AvgIpc) is 2.85. The molecule has 0 saturated carbocycles. The Morgan fingerprint density at radius 2 is 2.22 bits per heavy atom. The predicted octanol–water partition coefficient (Wildman–Crippen LogP) is 3.54. The Morgan fingerprint density at radius 3 is 2.91 bits per heavy atom. The molecule has 1 amide bonds. The van der Waals surface area contributed by atoms with E-state index in [0.29, 0.717) is 12.4 Å². The lowest BCUT2D eigenvalue weighted by molar-refractivity contribution is -0.119. The van der Waals surface area contributed by atoms with Crippen LogP contribution in [0.15, 0.2) is 24.3 Å². The van der Waals surface area contributed by atoms with Gasteiger partial charge in [0.1, 0.15) is 5.82 Å². The van der Waals surface area contributed by atoms with Crippen molar-refractivity contribution in [3.8, 4) is 0 Å². The highest BCUT2D eigenvalue weighted by Crippen LogP contribution is 2.15. The fourth-order valence-electron chi connectivity index (χ4n) is 2.32. The molecule has 0 aliphatic rings. The third-order valence-corrected chi connectivity index (χ3v) is 3.88. The minimum absolute atomic E-state index is 0.0423. The SMILES string of the molecule is CCCC[C@@H](C)C(=O)Nc1nnn(Cc2cccc(F)c2)c1C. The first-order chi connectivity index (χ1) is 11.0. The Morgan fingerprint density at radius 1 is 1.43 bits per heavy atom. The summed E-state index contributed by atoms with van der Waals surface area (Å²) in [4.78, 5) is 12.1. The van der Waals surface area contributed by atoms with Crippen molar-refractivity contribution in [2.45, 2.75) is 46.6 Å². The topological polar surface area (TPSA) is 59.8 Å². The molecule has 0 saturated heterocycles. The third kappa shape index (κ3) is 4.61. The van der Waals surface area contributed by atoms with Crippen LogP contribution in [0.3, 0.4) is 0 Å². The van der Waals surface area contributed by atoms with E-state index in [1.807, 2.05) is 19.9 Å². The van der Waals surface area contributed by atoms with Gasteiger partial charge in [0.25, 0.3) is 0 Å². The smallest absolute Gasteiger partial charge is 0.228 e. The van der Waals surface area contributed by atoms with Gasteiger partial charge in [-0.2, -0.15) is 0 Å². The second kappa shape index (κ2) is 7.85. The van der Waals surface area contributed by atoms with Gasteiger partial charge in [0.2, 0.25) is 5.91 Å². The Labute approximate surface area is 135 Å². The van der Waals surface area contributed by atoms with Crippen LogP contribution in [0.25, 0.3) is 0 Å². The zero-order valence-electron chi connectivity index (χ0n) is 13.8. The monoisotopic (exact) mass is 318 g/mol. The summed E-state index contributed by atoms with van der Waals surface area (Å²) in [7, 11) is 0. The Balaban J connectivity index is 2.03. The molecule has 1 N–H and O–H groups in total. The standard InChI is InChI=1S/C17H23FN4O/c1-4-5-7-12(2)17(23)19-16-13(3)22(21-20-16)11-14-8-6-9-15(18)10-14/h6,8-10,12H,4-5,7,11H2,1-3H3,(H,19,23)/t12-/m1/s1. The van der Waals surface area contributed by atoms with E-state index in [9.17, 15) is 9.18 Å². The van der Waals surface area contributed by atoms with Gasteiger partial charge in [-0.25, -0.2) is 9.07 Å². The van der Waals surface area contributed by atoms with Gasteiger partial charge in [0.05, 0.1) is 12.2 Å². The Kier molecular flexibility index (Phi) is 5.84. The number of unbranched alkanes of at least 4 members (excludes halogenated alkanes) is 1. The van der Waals surface area contributed by atoms with Crippen LogP contribution in [0.1, 0.15) is 44.4 Å². The van der Waals surface area contributed by atoms with Gasteiger partial charge >= 0.3 is 0 Å². The summed E-state index contributed by atoms with van der Waals surface area (Å²) < 4.78 is 14.9. The lowest BCUT2D eigenvalue weighted by Crippen LogP contribution is -2.21. The molecule has 2 rings (SSSR count). The first-order valence-electron chi connectivity index (χ1n) is 7.96. The fraction of sp³-hybridized carbons (Fsp3) is 0.471. The number of amides is 1. The lowest BCUT2D eigenvalue weighted by Gasteiger charge is -2.10. The van der Waals surface area contributed by atoms with Gasteiger partial charge in [-0.1, -0.05) is 44.0 Å². The number of benzene rings is 1. The van der Waals surface area contributed by atoms with Gasteiger partial charge in [0.15, 0.2) is 5.82 Å². The number of halogens is 1. The quantitative estimate of drug-likeness (QED) is 0.849. The average molecular weight is 318 g/mol. The van der Waals surface area contributed by atoms with Crippen molar-refractivity contribution in [2.75, 3.05) is 5.32 Å². The second-order valence-corrected chi connectivity index (χ2v) is 5.84. The second-order valence-electron chi connectivity index (χ2n) is 5.84. The molecule has 0 bridgehead atoms. The number of carbonyl (C=O) groups is 1. The van der Waals surface area contributed by atoms with E-state index >= 15 is 0 Å². The fourth-order valence-corrected chi connectivity index (χ4v) is 2.32. The molecule has 0 radical (unpaired) electrons. The van der Waals surface area contributed by atoms with Gasteiger partial charge in [-0.05, 0) is 31.0 Å². The van der Waals surface area contributed by atoms with E-state index in [0.717, 1.165) is 30.5 Å². The molecular formula is C17H23FN4O. The molecule has 124 valence electrons. The van der Waals surface area contributed by atoms with Gasteiger partial charge in [-0.3, -0.25) is 4.79 Å². The van der Waals surface area contributed by atoms with E-state index in [4.69, 9.17) is 0 Å². The molecule has 0 aliphatic heterocycles. The molecule has 0 spiro atoms. The minimum Gasteiger partial charge on any atom is -0.307 e. The first kappa shape index (κ1) is 17.1. The first-order valence-corrected chi connectivity index (χ1v) is 7.96. The largest absolute Gasteiger partial charge is 0.307 e. The minimum atomic E-state index is -0.279. The Hall–Kier alpha value is -2.24. The highest BCUT2D eigenvalue weighted by Gasteiger charge is 2.16. The number of aromatic nitrogens is 3. The van der Waals surface area contributed by atoms with Crippen LogP contribution in [0.2, 0.25) is 0 Å². The highest BCUT2D eigenvalue weighted by atomic mass is 19.1. The van der Waals surface area contributed by atoms with E-state index in [1.54, 1.807) is 10.7 Å².